The molecular weight excluding hydrogens is 444 g/mol. The van der Waals surface area contributed by atoms with Crippen LogP contribution in [-0.2, 0) is 16.0 Å². The minimum atomic E-state index is -0.129. The average Bonchev–Trinajstić information content (AvgIpc) is 3.18. The SMILES string of the molecule is CC.CC#CC1(C)C=CC(C2c3[nH]c4ccc(Cl)cc4c3CCN2C=O)=CC1.COCC(C)C. The molecule has 0 radical (unpaired) electrons. The van der Waals surface area contributed by atoms with Crippen LogP contribution in [0.3, 0.4) is 0 Å². The minimum Gasteiger partial charge on any atom is -0.384 e. The number of carbonyl (C=O) groups excluding carboxylic acids is 1. The van der Waals surface area contributed by atoms with Gasteiger partial charge in [0.05, 0.1) is 11.5 Å². The molecule has 1 aromatic heterocycles. The van der Waals surface area contributed by atoms with Crippen molar-refractivity contribution in [3.63, 3.8) is 0 Å². The molecule has 0 saturated heterocycles. The van der Waals surface area contributed by atoms with E-state index < -0.39 is 0 Å². The summed E-state index contributed by atoms with van der Waals surface area (Å²) in [4.78, 5) is 17.2. The number of allylic oxidation sites excluding steroid dienone is 2. The van der Waals surface area contributed by atoms with Crippen molar-refractivity contribution >= 4 is 28.9 Å². The van der Waals surface area contributed by atoms with E-state index in [1.165, 1.54) is 5.56 Å². The highest BCUT2D eigenvalue weighted by Gasteiger charge is 2.33. The molecule has 1 aliphatic carbocycles. The molecule has 1 aromatic carbocycles. The average molecular weight is 483 g/mol. The van der Waals surface area contributed by atoms with Crippen molar-refractivity contribution in [2.24, 2.45) is 11.3 Å². The number of aromatic amines is 1. The number of aromatic nitrogens is 1. The topological polar surface area (TPSA) is 45.3 Å². The molecule has 2 aromatic rings. The van der Waals surface area contributed by atoms with E-state index in [1.807, 2.05) is 43.9 Å². The lowest BCUT2D eigenvalue weighted by Crippen LogP contribution is -2.35. The van der Waals surface area contributed by atoms with E-state index in [4.69, 9.17) is 16.3 Å². The summed E-state index contributed by atoms with van der Waals surface area (Å²) in [5.74, 6) is 6.96. The minimum absolute atomic E-state index is 0.0854. The summed E-state index contributed by atoms with van der Waals surface area (Å²) in [6, 6.07) is 5.83. The van der Waals surface area contributed by atoms with Gasteiger partial charge in [0.25, 0.3) is 0 Å². The lowest BCUT2D eigenvalue weighted by Gasteiger charge is -2.35. The van der Waals surface area contributed by atoms with Gasteiger partial charge in [-0.15, -0.1) is 5.92 Å². The van der Waals surface area contributed by atoms with E-state index in [0.717, 1.165) is 53.1 Å². The van der Waals surface area contributed by atoms with Crippen LogP contribution in [0.25, 0.3) is 10.9 Å². The Morgan fingerprint density at radius 1 is 1.35 bits per heavy atom. The molecular formula is C29H39ClN2O2. The van der Waals surface area contributed by atoms with Crippen LogP contribution in [0.4, 0.5) is 0 Å². The van der Waals surface area contributed by atoms with Gasteiger partial charge in [-0.25, -0.2) is 0 Å². The van der Waals surface area contributed by atoms with Crippen LogP contribution in [0, 0.1) is 23.2 Å². The van der Waals surface area contributed by atoms with Crippen molar-refractivity contribution in [1.29, 1.82) is 0 Å². The van der Waals surface area contributed by atoms with Crippen molar-refractivity contribution in [1.82, 2.24) is 9.88 Å². The molecule has 2 unspecified atom stereocenters. The molecule has 1 N–H and O–H groups in total. The van der Waals surface area contributed by atoms with Crippen LogP contribution in [0.15, 0.2) is 42.0 Å². The summed E-state index contributed by atoms with van der Waals surface area (Å²) < 4.78 is 4.80. The molecule has 1 amide bonds. The van der Waals surface area contributed by atoms with Crippen LogP contribution in [0.1, 0.15) is 65.3 Å². The second-order valence-corrected chi connectivity index (χ2v) is 9.52. The predicted octanol–water partition coefficient (Wildman–Crippen LogP) is 7.11. The molecule has 0 spiro atoms. The summed E-state index contributed by atoms with van der Waals surface area (Å²) in [6.07, 6.45) is 9.16. The number of methoxy groups -OCH3 is 1. The summed E-state index contributed by atoms with van der Waals surface area (Å²) in [7, 11) is 1.72. The first kappa shape index (κ1) is 27.8. The Bertz CT molecular complexity index is 1090. The molecule has 0 fully saturated rings. The van der Waals surface area contributed by atoms with Gasteiger partial charge in [-0.3, -0.25) is 4.79 Å². The van der Waals surface area contributed by atoms with Gasteiger partial charge >= 0.3 is 0 Å². The van der Waals surface area contributed by atoms with Gasteiger partial charge in [-0.05, 0) is 61.9 Å². The smallest absolute Gasteiger partial charge is 0.210 e. The quantitative estimate of drug-likeness (QED) is 0.373. The predicted molar refractivity (Wildman–Crippen MR) is 144 cm³/mol. The number of rotatable bonds is 4. The molecule has 2 atom stereocenters. The highest BCUT2D eigenvalue weighted by atomic mass is 35.5. The first-order valence-corrected chi connectivity index (χ1v) is 12.5. The fourth-order valence-electron chi connectivity index (χ4n) is 4.41. The van der Waals surface area contributed by atoms with E-state index in [9.17, 15) is 4.79 Å². The Kier molecular flexibility index (Phi) is 10.5. The molecule has 34 heavy (non-hydrogen) atoms. The van der Waals surface area contributed by atoms with E-state index in [0.29, 0.717) is 12.5 Å². The molecule has 0 saturated carbocycles. The zero-order valence-electron chi connectivity index (χ0n) is 21.7. The van der Waals surface area contributed by atoms with Gasteiger partial charge in [-0.1, -0.05) is 63.4 Å². The Labute approximate surface area is 210 Å². The number of hydrogen-bond donors (Lipinski definition) is 1. The summed E-state index contributed by atoms with van der Waals surface area (Å²) in [6.45, 7) is 13.8. The standard InChI is InChI=1S/C22H21ClN2O.C5H12O.C2H6/c1-3-9-22(2)10-6-15(7-11-22)21-20-17(8-12-25(21)14-26)18-13-16(23)4-5-19(18)24-20;1-5(2)4-6-3;1-2/h4-7,10,13-14,21,24H,8,11-12H2,1-2H3;5H,4H2,1-3H3;1-2H3. The number of hydrogen-bond acceptors (Lipinski definition) is 2. The van der Waals surface area contributed by atoms with Crippen molar-refractivity contribution in [2.45, 2.75) is 60.4 Å². The number of H-pyrrole nitrogens is 1. The first-order valence-electron chi connectivity index (χ1n) is 12.1. The second kappa shape index (κ2) is 12.8. The third-order valence-corrected chi connectivity index (χ3v) is 6.13. The van der Waals surface area contributed by atoms with Crippen LogP contribution in [0.2, 0.25) is 5.02 Å². The Balaban J connectivity index is 0.000000447. The number of halogens is 1. The lowest BCUT2D eigenvalue weighted by atomic mass is 9.80. The number of amides is 1. The number of fused-ring (bicyclic) bond motifs is 3. The largest absolute Gasteiger partial charge is 0.384 e. The molecule has 0 bridgehead atoms. The van der Waals surface area contributed by atoms with Crippen molar-refractivity contribution in [3.05, 3.63) is 58.3 Å². The van der Waals surface area contributed by atoms with Gasteiger partial charge in [0.2, 0.25) is 6.41 Å². The summed E-state index contributed by atoms with van der Waals surface area (Å²) in [5.41, 5.74) is 4.45. The highest BCUT2D eigenvalue weighted by molar-refractivity contribution is 6.31. The number of nitrogens with zero attached hydrogens (tertiary/aromatic N) is 1. The van der Waals surface area contributed by atoms with E-state index in [2.05, 4.69) is 55.8 Å². The van der Waals surface area contributed by atoms with E-state index >= 15 is 0 Å². The zero-order valence-corrected chi connectivity index (χ0v) is 22.4. The number of nitrogens with one attached hydrogen (secondary N) is 1. The molecule has 2 heterocycles. The Morgan fingerprint density at radius 2 is 2.09 bits per heavy atom. The monoisotopic (exact) mass is 482 g/mol. The van der Waals surface area contributed by atoms with Crippen molar-refractivity contribution < 1.29 is 9.53 Å². The maximum atomic E-state index is 11.7. The highest BCUT2D eigenvalue weighted by Crippen LogP contribution is 2.41. The number of carbonyl (C=O) groups is 1. The maximum absolute atomic E-state index is 11.7. The maximum Gasteiger partial charge on any atom is 0.210 e. The van der Waals surface area contributed by atoms with Gasteiger partial charge in [0.1, 0.15) is 0 Å². The first-order chi connectivity index (χ1) is 16.3. The second-order valence-electron chi connectivity index (χ2n) is 9.09. The van der Waals surface area contributed by atoms with Crippen LogP contribution in [0.5, 0.6) is 0 Å². The molecule has 4 nitrogen and oxygen atoms in total. The molecule has 184 valence electrons. The Morgan fingerprint density at radius 3 is 2.62 bits per heavy atom. The summed E-state index contributed by atoms with van der Waals surface area (Å²) in [5, 5.41) is 1.89. The molecule has 1 aliphatic heterocycles. The van der Waals surface area contributed by atoms with Crippen molar-refractivity contribution in [2.75, 3.05) is 20.3 Å². The number of ether oxygens (including phenoxy) is 1. The van der Waals surface area contributed by atoms with Crippen molar-refractivity contribution in [3.8, 4) is 11.8 Å². The van der Waals surface area contributed by atoms with Gasteiger partial charge < -0.3 is 14.6 Å². The normalized spacial score (nSPS) is 20.8. The fraction of sp³-hybridized carbons (Fsp3) is 0.483. The van der Waals surface area contributed by atoms with Crippen LogP contribution >= 0.6 is 11.6 Å². The van der Waals surface area contributed by atoms with E-state index in [-0.39, 0.29) is 11.5 Å². The molecule has 4 rings (SSSR count). The third-order valence-electron chi connectivity index (χ3n) is 5.89. The van der Waals surface area contributed by atoms with Crippen LogP contribution < -0.4 is 0 Å². The molecule has 5 heteroatoms. The fourth-order valence-corrected chi connectivity index (χ4v) is 4.58. The molecule has 2 aliphatic rings. The van der Waals surface area contributed by atoms with Crippen LogP contribution in [-0.4, -0.2) is 36.6 Å². The van der Waals surface area contributed by atoms with Gasteiger partial charge in [0.15, 0.2) is 0 Å². The lowest BCUT2D eigenvalue weighted by molar-refractivity contribution is -0.120. The Hall–Kier alpha value is -2.48. The van der Waals surface area contributed by atoms with Gasteiger partial charge in [0, 0.05) is 41.9 Å². The van der Waals surface area contributed by atoms with E-state index in [1.54, 1.807) is 7.11 Å². The number of benzene rings is 1. The third kappa shape index (κ3) is 6.56. The van der Waals surface area contributed by atoms with Gasteiger partial charge in [-0.2, -0.15) is 0 Å². The summed E-state index contributed by atoms with van der Waals surface area (Å²) >= 11 is 6.20. The zero-order chi connectivity index (χ0) is 25.3.